The molecule has 0 aliphatic heterocycles. The summed E-state index contributed by atoms with van der Waals surface area (Å²) in [7, 11) is 1.25. The van der Waals surface area contributed by atoms with Gasteiger partial charge in [0.25, 0.3) is 0 Å². The van der Waals surface area contributed by atoms with E-state index in [4.69, 9.17) is 5.11 Å². The molecule has 0 radical (unpaired) electrons. The number of alkyl halides is 3. The van der Waals surface area contributed by atoms with Crippen molar-refractivity contribution in [2.24, 2.45) is 0 Å². The highest BCUT2D eigenvalue weighted by Gasteiger charge is 2.33. The van der Waals surface area contributed by atoms with E-state index in [0.29, 0.717) is 11.3 Å². The quantitative estimate of drug-likeness (QED) is 0.684. The number of aromatic nitrogens is 2. The number of carbonyl (C=O) groups excluding carboxylic acids is 1. The maximum Gasteiger partial charge on any atom is 0.433 e. The zero-order valence-electron chi connectivity index (χ0n) is 13.1. The van der Waals surface area contributed by atoms with E-state index in [2.05, 4.69) is 25.3 Å². The number of hydrogen-bond donors (Lipinski definition) is 3. The number of carbonyl (C=O) groups is 1. The van der Waals surface area contributed by atoms with Crippen LogP contribution < -0.4 is 10.6 Å². The van der Waals surface area contributed by atoms with Gasteiger partial charge in [0.2, 0.25) is 5.95 Å². The van der Waals surface area contributed by atoms with Gasteiger partial charge in [0.15, 0.2) is 5.69 Å². The second kappa shape index (κ2) is 7.79. The molecule has 1 aromatic carbocycles. The third-order valence-corrected chi connectivity index (χ3v) is 2.99. The number of aliphatic hydroxyl groups excluding tert-OH is 1. The molecule has 7 nitrogen and oxygen atoms in total. The van der Waals surface area contributed by atoms with Gasteiger partial charge in [-0.1, -0.05) is 0 Å². The van der Waals surface area contributed by atoms with Gasteiger partial charge in [0.05, 0.1) is 19.3 Å². The van der Waals surface area contributed by atoms with Crippen molar-refractivity contribution in [1.29, 1.82) is 0 Å². The number of nitrogens with one attached hydrogen (secondary N) is 2. The van der Waals surface area contributed by atoms with Crippen molar-refractivity contribution in [2.75, 3.05) is 30.9 Å². The van der Waals surface area contributed by atoms with E-state index in [9.17, 15) is 18.0 Å². The lowest BCUT2D eigenvalue weighted by Crippen LogP contribution is -2.15. The standard InChI is InChI=1S/C15H15F3N4O3/c1-25-13(24)9-2-4-10(5-3-9)20-12-8-11(15(16,17)18)21-14(22-12)19-6-7-23/h2-5,8,23H,6-7H2,1H3,(H2,19,20,21,22). The van der Waals surface area contributed by atoms with Crippen molar-refractivity contribution < 1.29 is 27.8 Å². The second-order valence-corrected chi connectivity index (χ2v) is 4.80. The molecule has 0 fully saturated rings. The first-order chi connectivity index (χ1) is 11.8. The highest BCUT2D eigenvalue weighted by atomic mass is 19.4. The summed E-state index contributed by atoms with van der Waals surface area (Å²) in [4.78, 5) is 18.7. The van der Waals surface area contributed by atoms with E-state index in [-0.39, 0.29) is 24.9 Å². The average Bonchev–Trinajstić information content (AvgIpc) is 2.59. The first-order valence-corrected chi connectivity index (χ1v) is 7.10. The number of nitrogens with zero attached hydrogens (tertiary/aromatic N) is 2. The third kappa shape index (κ3) is 5.05. The molecule has 1 heterocycles. The maximum absolute atomic E-state index is 12.9. The van der Waals surface area contributed by atoms with E-state index in [1.165, 1.54) is 31.4 Å². The van der Waals surface area contributed by atoms with Gasteiger partial charge in [0, 0.05) is 18.3 Å². The number of halogens is 3. The van der Waals surface area contributed by atoms with E-state index < -0.39 is 17.8 Å². The van der Waals surface area contributed by atoms with Crippen LogP contribution in [-0.2, 0) is 10.9 Å². The van der Waals surface area contributed by atoms with E-state index in [1.807, 2.05) is 0 Å². The fourth-order valence-corrected chi connectivity index (χ4v) is 1.86. The van der Waals surface area contributed by atoms with Gasteiger partial charge in [-0.05, 0) is 24.3 Å². The van der Waals surface area contributed by atoms with Gasteiger partial charge in [-0.25, -0.2) is 9.78 Å². The Morgan fingerprint density at radius 3 is 2.48 bits per heavy atom. The minimum atomic E-state index is -4.65. The number of ether oxygens (including phenoxy) is 1. The minimum absolute atomic E-state index is 0.00851. The van der Waals surface area contributed by atoms with Gasteiger partial charge in [0.1, 0.15) is 5.82 Å². The lowest BCUT2D eigenvalue weighted by molar-refractivity contribution is -0.141. The van der Waals surface area contributed by atoms with Crippen molar-refractivity contribution in [1.82, 2.24) is 9.97 Å². The number of methoxy groups -OCH3 is 1. The number of rotatable bonds is 6. The molecule has 0 amide bonds. The first kappa shape index (κ1) is 18.5. The SMILES string of the molecule is COC(=O)c1ccc(Nc2cc(C(F)(F)F)nc(NCCO)n2)cc1. The fourth-order valence-electron chi connectivity index (χ4n) is 1.86. The molecule has 0 aliphatic carbocycles. The summed E-state index contributed by atoms with van der Waals surface area (Å²) in [6.45, 7) is -0.272. The fraction of sp³-hybridized carbons (Fsp3) is 0.267. The Kier molecular flexibility index (Phi) is 5.75. The van der Waals surface area contributed by atoms with Crippen LogP contribution in [-0.4, -0.2) is 41.3 Å². The van der Waals surface area contributed by atoms with Gasteiger partial charge in [-0.2, -0.15) is 18.2 Å². The van der Waals surface area contributed by atoms with Gasteiger partial charge in [-0.15, -0.1) is 0 Å². The Morgan fingerprint density at radius 2 is 1.92 bits per heavy atom. The largest absolute Gasteiger partial charge is 0.465 e. The lowest BCUT2D eigenvalue weighted by Gasteiger charge is -2.12. The van der Waals surface area contributed by atoms with Crippen LogP contribution in [0, 0.1) is 0 Å². The average molecular weight is 356 g/mol. The molecule has 0 unspecified atom stereocenters. The van der Waals surface area contributed by atoms with E-state index >= 15 is 0 Å². The molecule has 0 saturated carbocycles. The van der Waals surface area contributed by atoms with E-state index in [1.54, 1.807) is 0 Å². The molecule has 0 atom stereocenters. The number of hydrogen-bond acceptors (Lipinski definition) is 7. The van der Waals surface area contributed by atoms with Crippen molar-refractivity contribution >= 4 is 23.4 Å². The van der Waals surface area contributed by atoms with Crippen LogP contribution in [0.5, 0.6) is 0 Å². The summed E-state index contributed by atoms with van der Waals surface area (Å²) in [6, 6.07) is 6.69. The summed E-state index contributed by atoms with van der Waals surface area (Å²) in [5.41, 5.74) is -0.402. The Balaban J connectivity index is 2.26. The van der Waals surface area contributed by atoms with Crippen molar-refractivity contribution in [3.05, 3.63) is 41.6 Å². The molecular weight excluding hydrogens is 341 g/mol. The molecule has 25 heavy (non-hydrogen) atoms. The first-order valence-electron chi connectivity index (χ1n) is 7.10. The molecule has 10 heteroatoms. The summed E-state index contributed by atoms with van der Waals surface area (Å²) in [5.74, 6) is -0.880. The Hall–Kier alpha value is -2.88. The molecule has 0 saturated heterocycles. The molecule has 1 aromatic heterocycles. The normalized spacial score (nSPS) is 11.1. The number of benzene rings is 1. The van der Waals surface area contributed by atoms with Gasteiger partial charge >= 0.3 is 12.1 Å². The van der Waals surface area contributed by atoms with Crippen LogP contribution in [0.2, 0.25) is 0 Å². The van der Waals surface area contributed by atoms with Gasteiger partial charge < -0.3 is 20.5 Å². The number of anilines is 3. The smallest absolute Gasteiger partial charge is 0.433 e. The Morgan fingerprint density at radius 1 is 1.24 bits per heavy atom. The highest BCUT2D eigenvalue weighted by molar-refractivity contribution is 5.89. The van der Waals surface area contributed by atoms with Crippen LogP contribution in [0.25, 0.3) is 0 Å². The molecule has 0 aliphatic rings. The Labute approximate surface area is 140 Å². The predicted octanol–water partition coefficient (Wildman–Crippen LogP) is 2.43. The van der Waals surface area contributed by atoms with Crippen LogP contribution >= 0.6 is 0 Å². The predicted molar refractivity (Wildman–Crippen MR) is 83.7 cm³/mol. The van der Waals surface area contributed by atoms with Crippen molar-refractivity contribution in [3.63, 3.8) is 0 Å². The highest BCUT2D eigenvalue weighted by Crippen LogP contribution is 2.30. The van der Waals surface area contributed by atoms with E-state index in [0.717, 1.165) is 6.07 Å². The van der Waals surface area contributed by atoms with Crippen LogP contribution in [0.15, 0.2) is 30.3 Å². The molecule has 0 bridgehead atoms. The minimum Gasteiger partial charge on any atom is -0.465 e. The van der Waals surface area contributed by atoms with Crippen LogP contribution in [0.3, 0.4) is 0 Å². The molecule has 3 N–H and O–H groups in total. The molecular formula is C15H15F3N4O3. The van der Waals surface area contributed by atoms with Crippen molar-refractivity contribution in [3.8, 4) is 0 Å². The molecule has 2 rings (SSSR count). The third-order valence-electron chi connectivity index (χ3n) is 2.99. The molecule has 134 valence electrons. The van der Waals surface area contributed by atoms with Crippen LogP contribution in [0.4, 0.5) is 30.6 Å². The number of esters is 1. The topological polar surface area (TPSA) is 96.4 Å². The van der Waals surface area contributed by atoms with Crippen LogP contribution in [0.1, 0.15) is 16.1 Å². The summed E-state index contributed by atoms with van der Waals surface area (Å²) in [6.07, 6.45) is -4.65. The summed E-state index contributed by atoms with van der Waals surface area (Å²) < 4.78 is 43.4. The zero-order valence-corrected chi connectivity index (χ0v) is 13.1. The maximum atomic E-state index is 12.9. The lowest BCUT2D eigenvalue weighted by atomic mass is 10.2. The van der Waals surface area contributed by atoms with Gasteiger partial charge in [-0.3, -0.25) is 0 Å². The monoisotopic (exact) mass is 356 g/mol. The molecule has 2 aromatic rings. The second-order valence-electron chi connectivity index (χ2n) is 4.80. The zero-order chi connectivity index (χ0) is 18.4. The number of aliphatic hydroxyl groups is 1. The Bertz CT molecular complexity index is 736. The summed E-state index contributed by atoms with van der Waals surface area (Å²) >= 11 is 0. The summed E-state index contributed by atoms with van der Waals surface area (Å²) in [5, 5.41) is 14.0. The molecule has 0 spiro atoms. The van der Waals surface area contributed by atoms with Crippen molar-refractivity contribution in [2.45, 2.75) is 6.18 Å².